The van der Waals surface area contributed by atoms with Crippen LogP contribution < -0.4 is 10.2 Å². The molecule has 1 aromatic rings. The number of ether oxygens (including phenoxy) is 1. The molecule has 29 heavy (non-hydrogen) atoms. The van der Waals surface area contributed by atoms with Crippen molar-refractivity contribution in [1.29, 1.82) is 0 Å². The van der Waals surface area contributed by atoms with Crippen LogP contribution in [0.15, 0.2) is 24.3 Å². The van der Waals surface area contributed by atoms with Gasteiger partial charge in [0.2, 0.25) is 5.91 Å². The summed E-state index contributed by atoms with van der Waals surface area (Å²) in [5.41, 5.74) is 2.04. The third kappa shape index (κ3) is 3.58. The molecular formula is C24H32N2O3. The number of morpholine rings is 1. The molecule has 2 amide bonds. The molecular weight excluding hydrogens is 364 g/mol. The number of nitrogens with zero attached hydrogens (tertiary/aromatic N) is 1. The van der Waals surface area contributed by atoms with Crippen LogP contribution in [0, 0.1) is 23.2 Å². The van der Waals surface area contributed by atoms with Gasteiger partial charge in [0, 0.05) is 17.6 Å². The van der Waals surface area contributed by atoms with Crippen LogP contribution in [0.2, 0.25) is 0 Å². The minimum absolute atomic E-state index is 0.0158. The second-order valence-corrected chi connectivity index (χ2v) is 9.87. The van der Waals surface area contributed by atoms with Gasteiger partial charge in [0.15, 0.2) is 0 Å². The molecule has 0 spiro atoms. The summed E-state index contributed by atoms with van der Waals surface area (Å²) >= 11 is 0. The van der Waals surface area contributed by atoms with Crippen molar-refractivity contribution in [2.24, 2.45) is 23.2 Å². The normalized spacial score (nSPS) is 35.8. The van der Waals surface area contributed by atoms with E-state index in [-0.39, 0.29) is 29.9 Å². The van der Waals surface area contributed by atoms with Crippen molar-refractivity contribution in [2.45, 2.75) is 58.0 Å². The van der Waals surface area contributed by atoms with Gasteiger partial charge in [-0.25, -0.2) is 0 Å². The number of hydrogen-bond acceptors (Lipinski definition) is 3. The van der Waals surface area contributed by atoms with Crippen molar-refractivity contribution < 1.29 is 14.3 Å². The summed E-state index contributed by atoms with van der Waals surface area (Å²) in [5, 5.41) is 3.21. The third-order valence-corrected chi connectivity index (χ3v) is 7.80. The molecule has 0 aromatic heterocycles. The van der Waals surface area contributed by atoms with Gasteiger partial charge in [0.25, 0.3) is 5.91 Å². The van der Waals surface area contributed by atoms with Crippen LogP contribution in [-0.4, -0.2) is 37.6 Å². The fourth-order valence-electron chi connectivity index (χ4n) is 6.69. The second-order valence-electron chi connectivity index (χ2n) is 9.87. The minimum Gasteiger partial charge on any atom is -0.365 e. The topological polar surface area (TPSA) is 58.6 Å². The quantitative estimate of drug-likeness (QED) is 0.831. The van der Waals surface area contributed by atoms with E-state index in [0.29, 0.717) is 13.1 Å². The van der Waals surface area contributed by atoms with Gasteiger partial charge >= 0.3 is 0 Å². The monoisotopic (exact) mass is 396 g/mol. The Morgan fingerprint density at radius 2 is 1.72 bits per heavy atom. The zero-order valence-corrected chi connectivity index (χ0v) is 17.4. The van der Waals surface area contributed by atoms with E-state index in [1.165, 1.54) is 24.8 Å². The van der Waals surface area contributed by atoms with Crippen molar-refractivity contribution in [3.63, 3.8) is 0 Å². The lowest BCUT2D eigenvalue weighted by atomic mass is 9.49. The summed E-state index contributed by atoms with van der Waals surface area (Å²) in [6.45, 7) is 3.17. The first-order chi connectivity index (χ1) is 14.0. The predicted molar refractivity (Wildman–Crippen MR) is 112 cm³/mol. The molecule has 5 fully saturated rings. The first-order valence-electron chi connectivity index (χ1n) is 11.3. The number of aryl methyl sites for hydroxylation is 1. The molecule has 1 saturated heterocycles. The summed E-state index contributed by atoms with van der Waals surface area (Å²) in [5.74, 6) is 2.50. The molecule has 0 radical (unpaired) electrons. The van der Waals surface area contributed by atoms with E-state index in [1.807, 2.05) is 12.1 Å². The summed E-state index contributed by atoms with van der Waals surface area (Å²) in [7, 11) is 0. The molecule has 5 aliphatic rings. The molecule has 1 unspecified atom stereocenters. The van der Waals surface area contributed by atoms with Crippen LogP contribution >= 0.6 is 0 Å². The summed E-state index contributed by atoms with van der Waals surface area (Å²) < 4.78 is 5.75. The number of benzene rings is 1. The Morgan fingerprint density at radius 3 is 2.31 bits per heavy atom. The Morgan fingerprint density at radius 1 is 1.10 bits per heavy atom. The molecule has 6 rings (SSSR count). The van der Waals surface area contributed by atoms with Gasteiger partial charge < -0.3 is 15.0 Å². The third-order valence-electron chi connectivity index (χ3n) is 7.80. The first-order valence-corrected chi connectivity index (χ1v) is 11.3. The molecule has 1 aliphatic heterocycles. The number of anilines is 1. The van der Waals surface area contributed by atoms with Crippen LogP contribution in [0.3, 0.4) is 0 Å². The number of nitrogens with one attached hydrogen (secondary N) is 1. The Balaban J connectivity index is 1.21. The maximum absolute atomic E-state index is 13.2. The molecule has 4 saturated carbocycles. The molecule has 4 aliphatic carbocycles. The average molecular weight is 397 g/mol. The molecule has 5 heteroatoms. The number of rotatable bonds is 5. The Hall–Kier alpha value is -1.88. The van der Waals surface area contributed by atoms with Crippen LogP contribution in [0.1, 0.15) is 51.0 Å². The maximum atomic E-state index is 13.2. The lowest BCUT2D eigenvalue weighted by Gasteiger charge is -2.55. The molecule has 1 aromatic carbocycles. The smallest absolute Gasteiger partial charge is 0.253 e. The van der Waals surface area contributed by atoms with Crippen molar-refractivity contribution >= 4 is 17.5 Å². The Bertz CT molecular complexity index is 753. The molecule has 1 heterocycles. The zero-order chi connectivity index (χ0) is 20.0. The lowest BCUT2D eigenvalue weighted by molar-refractivity contribution is -0.147. The molecule has 1 N–H and O–H groups in total. The van der Waals surface area contributed by atoms with Gasteiger partial charge in [-0.05, 0) is 80.4 Å². The molecule has 5 nitrogen and oxygen atoms in total. The molecule has 156 valence electrons. The van der Waals surface area contributed by atoms with E-state index in [4.69, 9.17) is 4.74 Å². The van der Waals surface area contributed by atoms with E-state index >= 15 is 0 Å². The molecule has 4 bridgehead atoms. The summed E-state index contributed by atoms with van der Waals surface area (Å²) in [6, 6.07) is 8.16. The largest absolute Gasteiger partial charge is 0.365 e. The number of carbonyl (C=O) groups excluding carboxylic acids is 2. The zero-order valence-electron chi connectivity index (χ0n) is 17.4. The predicted octanol–water partition coefficient (Wildman–Crippen LogP) is 3.31. The van der Waals surface area contributed by atoms with E-state index in [2.05, 4.69) is 24.4 Å². The van der Waals surface area contributed by atoms with E-state index in [9.17, 15) is 9.59 Å². The Kier molecular flexibility index (Phi) is 4.89. The van der Waals surface area contributed by atoms with Gasteiger partial charge in [-0.15, -0.1) is 0 Å². The minimum atomic E-state index is -0.156. The fraction of sp³-hybridized carbons (Fsp3) is 0.667. The van der Waals surface area contributed by atoms with Gasteiger partial charge in [0.05, 0.1) is 12.6 Å². The van der Waals surface area contributed by atoms with Crippen LogP contribution in [0.5, 0.6) is 0 Å². The summed E-state index contributed by atoms with van der Waals surface area (Å²) in [6.07, 6.45) is 8.07. The standard InChI is InChI=1S/C24H32N2O3/c1-2-16-3-5-20(6-4-16)26-14-21(29-15-22(26)27)13-25-23(28)24-10-17-7-18(11-24)9-19(8-17)12-24/h3-6,17-19,21H,2,7-15H2,1H3,(H,25,28). The van der Waals surface area contributed by atoms with E-state index < -0.39 is 0 Å². The van der Waals surface area contributed by atoms with Crippen molar-refractivity contribution in [3.8, 4) is 0 Å². The lowest BCUT2D eigenvalue weighted by Crippen LogP contribution is -2.56. The van der Waals surface area contributed by atoms with E-state index in [0.717, 1.165) is 49.1 Å². The first kappa shape index (κ1) is 19.1. The number of hydrogen-bond donors (Lipinski definition) is 1. The summed E-state index contributed by atoms with van der Waals surface area (Å²) in [4.78, 5) is 27.4. The highest BCUT2D eigenvalue weighted by Crippen LogP contribution is 2.60. The number of carbonyl (C=O) groups is 2. The Labute approximate surface area is 173 Å². The van der Waals surface area contributed by atoms with Crippen molar-refractivity contribution in [2.75, 3.05) is 24.6 Å². The maximum Gasteiger partial charge on any atom is 0.253 e. The van der Waals surface area contributed by atoms with Gasteiger partial charge in [-0.3, -0.25) is 9.59 Å². The fourth-order valence-corrected chi connectivity index (χ4v) is 6.69. The average Bonchev–Trinajstić information content (AvgIpc) is 2.72. The van der Waals surface area contributed by atoms with E-state index in [1.54, 1.807) is 4.90 Å². The van der Waals surface area contributed by atoms with Gasteiger partial charge in [-0.2, -0.15) is 0 Å². The number of amides is 2. The van der Waals surface area contributed by atoms with Crippen molar-refractivity contribution in [1.82, 2.24) is 5.32 Å². The van der Waals surface area contributed by atoms with Crippen LogP contribution in [0.4, 0.5) is 5.69 Å². The highest BCUT2D eigenvalue weighted by molar-refractivity contribution is 5.95. The highest BCUT2D eigenvalue weighted by atomic mass is 16.5. The molecule has 1 atom stereocenters. The van der Waals surface area contributed by atoms with Crippen LogP contribution in [0.25, 0.3) is 0 Å². The van der Waals surface area contributed by atoms with Gasteiger partial charge in [-0.1, -0.05) is 19.1 Å². The second kappa shape index (κ2) is 7.42. The SMILES string of the molecule is CCc1ccc(N2CC(CNC(=O)C34CC5CC(CC(C5)C3)C4)OCC2=O)cc1. The van der Waals surface area contributed by atoms with Gasteiger partial charge in [0.1, 0.15) is 6.61 Å². The van der Waals surface area contributed by atoms with Crippen LogP contribution in [-0.2, 0) is 20.7 Å². The van der Waals surface area contributed by atoms with Crippen molar-refractivity contribution in [3.05, 3.63) is 29.8 Å². The highest BCUT2D eigenvalue weighted by Gasteiger charge is 2.54.